The van der Waals surface area contributed by atoms with E-state index in [1.807, 2.05) is 0 Å². The molecule has 0 spiro atoms. The molecule has 3 aromatic rings. The van der Waals surface area contributed by atoms with E-state index in [-0.39, 0.29) is 12.1 Å². The molecule has 1 aromatic carbocycles. The number of hydrogen-bond acceptors (Lipinski definition) is 6. The number of aromatic nitrogens is 7. The van der Waals surface area contributed by atoms with Crippen LogP contribution in [0.15, 0.2) is 43.2 Å². The Morgan fingerprint density at radius 3 is 2.73 bits per heavy atom. The van der Waals surface area contributed by atoms with Crippen LogP contribution in [-0.2, 0) is 12.1 Å². The number of tetrazole rings is 1. The smallest absolute Gasteiger partial charge is 0.162 e. The molecule has 0 saturated heterocycles. The van der Waals surface area contributed by atoms with Crippen LogP contribution in [0.1, 0.15) is 18.5 Å². The molecular weight excluding hydrogens is 289 g/mol. The second kappa shape index (κ2) is 5.60. The molecule has 0 saturated carbocycles. The molecule has 0 bridgehead atoms. The molecule has 0 fully saturated rings. The highest BCUT2D eigenvalue weighted by Crippen LogP contribution is 2.35. The van der Waals surface area contributed by atoms with Crippen molar-refractivity contribution in [2.45, 2.75) is 25.1 Å². The van der Waals surface area contributed by atoms with Crippen molar-refractivity contribution >= 4 is 0 Å². The van der Waals surface area contributed by atoms with Crippen LogP contribution in [0.4, 0.5) is 4.39 Å². The monoisotopic (exact) mass is 303 g/mol. The molecule has 0 aliphatic heterocycles. The number of hydrogen-bond donors (Lipinski definition) is 1. The zero-order valence-electron chi connectivity index (χ0n) is 11.8. The topological polar surface area (TPSA) is 94.5 Å². The standard InChI is InChI=1S/C13H14FN7O/c1-10(21-18-8-16-19-21)13(22,6-20-9-15-7-17-20)11-4-2-3-5-12(11)14/h2-5,7-10,22H,6H2,1H3/t10-,13-/m1/s1. The van der Waals surface area contributed by atoms with Crippen LogP contribution in [0.25, 0.3) is 0 Å². The summed E-state index contributed by atoms with van der Waals surface area (Å²) < 4.78 is 15.7. The predicted molar refractivity (Wildman–Crippen MR) is 72.8 cm³/mol. The van der Waals surface area contributed by atoms with Gasteiger partial charge in [0.25, 0.3) is 0 Å². The van der Waals surface area contributed by atoms with Crippen LogP contribution in [0.2, 0.25) is 0 Å². The fraction of sp³-hybridized carbons (Fsp3) is 0.308. The summed E-state index contributed by atoms with van der Waals surface area (Å²) in [6, 6.07) is 5.37. The Hall–Kier alpha value is -2.68. The van der Waals surface area contributed by atoms with Gasteiger partial charge in [-0.1, -0.05) is 18.2 Å². The summed E-state index contributed by atoms with van der Waals surface area (Å²) in [7, 11) is 0. The van der Waals surface area contributed by atoms with E-state index in [1.165, 1.54) is 40.6 Å². The first-order chi connectivity index (χ1) is 10.6. The van der Waals surface area contributed by atoms with Crippen LogP contribution >= 0.6 is 0 Å². The van der Waals surface area contributed by atoms with Crippen LogP contribution < -0.4 is 0 Å². The fourth-order valence-electron chi connectivity index (χ4n) is 2.36. The Balaban J connectivity index is 2.07. The maximum Gasteiger partial charge on any atom is 0.162 e. The first-order valence-corrected chi connectivity index (χ1v) is 6.63. The van der Waals surface area contributed by atoms with Gasteiger partial charge in [-0.3, -0.25) is 0 Å². The Morgan fingerprint density at radius 1 is 1.27 bits per heavy atom. The Bertz CT molecular complexity index is 731. The average molecular weight is 303 g/mol. The summed E-state index contributed by atoms with van der Waals surface area (Å²) in [5.74, 6) is -0.517. The average Bonchev–Trinajstić information content (AvgIpc) is 3.20. The highest BCUT2D eigenvalue weighted by atomic mass is 19.1. The van der Waals surface area contributed by atoms with Gasteiger partial charge in [0, 0.05) is 5.56 Å². The van der Waals surface area contributed by atoms with Crippen LogP contribution in [-0.4, -0.2) is 40.1 Å². The molecular formula is C13H14FN7O. The summed E-state index contributed by atoms with van der Waals surface area (Å²) in [6.07, 6.45) is 4.06. The van der Waals surface area contributed by atoms with E-state index in [0.29, 0.717) is 0 Å². The van der Waals surface area contributed by atoms with E-state index in [4.69, 9.17) is 0 Å². The minimum absolute atomic E-state index is 0.00333. The molecule has 2 aromatic heterocycles. The van der Waals surface area contributed by atoms with Crippen LogP contribution in [0.5, 0.6) is 0 Å². The summed E-state index contributed by atoms with van der Waals surface area (Å²) >= 11 is 0. The van der Waals surface area contributed by atoms with Crippen molar-refractivity contribution in [1.29, 1.82) is 0 Å². The summed E-state index contributed by atoms with van der Waals surface area (Å²) in [4.78, 5) is 5.08. The molecule has 0 radical (unpaired) electrons. The molecule has 0 aliphatic carbocycles. The molecule has 9 heteroatoms. The van der Waals surface area contributed by atoms with E-state index in [2.05, 4.69) is 25.5 Å². The lowest BCUT2D eigenvalue weighted by molar-refractivity contribution is -0.0417. The molecule has 0 aliphatic rings. The Morgan fingerprint density at radius 2 is 2.09 bits per heavy atom. The zero-order valence-corrected chi connectivity index (χ0v) is 11.8. The number of halogens is 1. The van der Waals surface area contributed by atoms with Crippen molar-refractivity contribution in [3.8, 4) is 0 Å². The number of benzene rings is 1. The van der Waals surface area contributed by atoms with Gasteiger partial charge in [-0.05, 0) is 18.2 Å². The second-order valence-corrected chi connectivity index (χ2v) is 4.93. The summed E-state index contributed by atoms with van der Waals surface area (Å²) in [5.41, 5.74) is -1.49. The van der Waals surface area contributed by atoms with Crippen LogP contribution in [0, 0.1) is 5.82 Å². The van der Waals surface area contributed by atoms with Gasteiger partial charge in [-0.2, -0.15) is 9.90 Å². The maximum atomic E-state index is 14.2. The molecule has 0 unspecified atom stereocenters. The van der Waals surface area contributed by atoms with Gasteiger partial charge >= 0.3 is 0 Å². The number of nitrogens with zero attached hydrogens (tertiary/aromatic N) is 7. The zero-order chi connectivity index (χ0) is 15.6. The highest BCUT2D eigenvalue weighted by molar-refractivity contribution is 5.25. The van der Waals surface area contributed by atoms with Crippen molar-refractivity contribution in [1.82, 2.24) is 35.0 Å². The van der Waals surface area contributed by atoms with Crippen LogP contribution in [0.3, 0.4) is 0 Å². The second-order valence-electron chi connectivity index (χ2n) is 4.93. The lowest BCUT2D eigenvalue weighted by Crippen LogP contribution is -2.41. The largest absolute Gasteiger partial charge is 0.381 e. The summed E-state index contributed by atoms with van der Waals surface area (Å²) in [6.45, 7) is 1.68. The third kappa shape index (κ3) is 2.46. The predicted octanol–water partition coefficient (Wildman–Crippen LogP) is 0.553. The van der Waals surface area contributed by atoms with Gasteiger partial charge in [0.1, 0.15) is 30.1 Å². The molecule has 8 nitrogen and oxygen atoms in total. The molecule has 114 valence electrons. The Labute approximate surface area is 125 Å². The maximum absolute atomic E-state index is 14.2. The third-order valence-electron chi connectivity index (χ3n) is 3.61. The van der Waals surface area contributed by atoms with Crippen molar-refractivity contribution in [2.24, 2.45) is 0 Å². The molecule has 0 amide bonds. The van der Waals surface area contributed by atoms with E-state index in [1.54, 1.807) is 19.1 Å². The Kier molecular flexibility index (Phi) is 3.63. The third-order valence-corrected chi connectivity index (χ3v) is 3.61. The van der Waals surface area contributed by atoms with Gasteiger partial charge in [0.05, 0.1) is 6.54 Å². The van der Waals surface area contributed by atoms with E-state index in [0.717, 1.165) is 0 Å². The van der Waals surface area contributed by atoms with Crippen molar-refractivity contribution in [3.63, 3.8) is 0 Å². The number of aliphatic hydroxyl groups is 1. The lowest BCUT2D eigenvalue weighted by Gasteiger charge is -2.33. The molecule has 22 heavy (non-hydrogen) atoms. The first-order valence-electron chi connectivity index (χ1n) is 6.63. The molecule has 1 N–H and O–H groups in total. The number of rotatable bonds is 5. The first kappa shape index (κ1) is 14.3. The molecule has 3 rings (SSSR count). The summed E-state index contributed by atoms with van der Waals surface area (Å²) in [5, 5.41) is 26.6. The van der Waals surface area contributed by atoms with E-state index >= 15 is 0 Å². The van der Waals surface area contributed by atoms with Crippen molar-refractivity contribution in [2.75, 3.05) is 0 Å². The fourth-order valence-corrected chi connectivity index (χ4v) is 2.36. The molecule has 2 heterocycles. The minimum Gasteiger partial charge on any atom is -0.381 e. The van der Waals surface area contributed by atoms with Gasteiger partial charge in [-0.15, -0.1) is 10.2 Å². The van der Waals surface area contributed by atoms with Gasteiger partial charge in [-0.25, -0.2) is 14.1 Å². The van der Waals surface area contributed by atoms with Gasteiger partial charge < -0.3 is 5.11 Å². The van der Waals surface area contributed by atoms with E-state index < -0.39 is 17.5 Å². The lowest BCUT2D eigenvalue weighted by atomic mass is 9.87. The van der Waals surface area contributed by atoms with E-state index in [9.17, 15) is 9.50 Å². The SMILES string of the molecule is C[C@@H](n1ncnn1)[C@](O)(Cn1cncn1)c1ccccc1F. The van der Waals surface area contributed by atoms with Gasteiger partial charge in [0.2, 0.25) is 0 Å². The normalized spacial score (nSPS) is 15.4. The minimum atomic E-state index is -1.63. The van der Waals surface area contributed by atoms with Crippen molar-refractivity contribution in [3.05, 3.63) is 54.6 Å². The quantitative estimate of drug-likeness (QED) is 0.740. The highest BCUT2D eigenvalue weighted by Gasteiger charge is 2.41. The van der Waals surface area contributed by atoms with Crippen molar-refractivity contribution < 1.29 is 9.50 Å². The molecule has 2 atom stereocenters. The van der Waals surface area contributed by atoms with Gasteiger partial charge in [0.15, 0.2) is 6.33 Å².